The normalized spacial score (nSPS) is 21.6. The number of benzene rings is 1. The highest BCUT2D eigenvalue weighted by Crippen LogP contribution is 2.50. The summed E-state index contributed by atoms with van der Waals surface area (Å²) in [6.45, 7) is 4.72. The highest BCUT2D eigenvalue weighted by atomic mass is 16.5. The van der Waals surface area contributed by atoms with E-state index in [1.165, 1.54) is 10.9 Å². The summed E-state index contributed by atoms with van der Waals surface area (Å²) in [5.74, 6) is 0.977. The van der Waals surface area contributed by atoms with Gasteiger partial charge < -0.3 is 24.2 Å². The summed E-state index contributed by atoms with van der Waals surface area (Å²) in [4.78, 5) is 17.4. The molecule has 1 aromatic heterocycles. The van der Waals surface area contributed by atoms with Gasteiger partial charge in [-0.3, -0.25) is 4.79 Å². The van der Waals surface area contributed by atoms with Crippen molar-refractivity contribution in [2.75, 3.05) is 40.4 Å². The monoisotopic (exact) mass is 399 g/mol. The summed E-state index contributed by atoms with van der Waals surface area (Å²) >= 11 is 0. The van der Waals surface area contributed by atoms with Gasteiger partial charge in [0.2, 0.25) is 5.91 Å². The molecule has 1 aromatic carbocycles. The Bertz CT molecular complexity index is 912. The molecule has 0 aliphatic carbocycles. The molecule has 2 aromatic rings. The molecule has 6 heteroatoms. The van der Waals surface area contributed by atoms with Crippen molar-refractivity contribution in [3.63, 3.8) is 0 Å². The number of fused-ring (bicyclic) bond motifs is 4. The van der Waals surface area contributed by atoms with Gasteiger partial charge in [0.15, 0.2) is 0 Å². The minimum Gasteiger partial charge on any atom is -0.497 e. The molecule has 1 atom stereocenters. The average Bonchev–Trinajstić information content (AvgIpc) is 3.03. The Balaban J connectivity index is 1.95. The van der Waals surface area contributed by atoms with Crippen molar-refractivity contribution in [2.24, 2.45) is 7.05 Å². The lowest BCUT2D eigenvalue weighted by Crippen LogP contribution is -2.55. The minimum atomic E-state index is -0.294. The van der Waals surface area contributed by atoms with Gasteiger partial charge in [-0.25, -0.2) is 0 Å². The molecule has 3 heterocycles. The molecule has 6 nitrogen and oxygen atoms in total. The second kappa shape index (κ2) is 7.65. The number of aliphatic hydroxyl groups is 1. The number of amides is 1. The highest BCUT2D eigenvalue weighted by molar-refractivity contribution is 5.89. The van der Waals surface area contributed by atoms with Crippen molar-refractivity contribution in [2.45, 2.75) is 44.1 Å². The molecule has 29 heavy (non-hydrogen) atoms. The van der Waals surface area contributed by atoms with Crippen molar-refractivity contribution >= 4 is 16.8 Å². The quantitative estimate of drug-likeness (QED) is 0.859. The smallest absolute Gasteiger partial charge is 0.223 e. The van der Waals surface area contributed by atoms with E-state index in [0.29, 0.717) is 13.0 Å². The highest BCUT2D eigenvalue weighted by Gasteiger charge is 2.48. The topological polar surface area (TPSA) is 57.9 Å². The molecule has 2 aliphatic heterocycles. The molecule has 1 N–H and O–H groups in total. The van der Waals surface area contributed by atoms with E-state index in [-0.39, 0.29) is 24.0 Å². The third-order valence-electron chi connectivity index (χ3n) is 7.05. The van der Waals surface area contributed by atoms with E-state index in [0.717, 1.165) is 49.3 Å². The van der Waals surface area contributed by atoms with Gasteiger partial charge in [0.25, 0.3) is 0 Å². The van der Waals surface area contributed by atoms with E-state index in [4.69, 9.17) is 4.74 Å². The number of piperidine rings is 1. The number of aryl methyl sites for hydroxylation is 1. The predicted molar refractivity (Wildman–Crippen MR) is 114 cm³/mol. The zero-order valence-electron chi connectivity index (χ0n) is 18.1. The molecule has 0 radical (unpaired) electrons. The van der Waals surface area contributed by atoms with E-state index in [1.54, 1.807) is 7.11 Å². The fourth-order valence-electron chi connectivity index (χ4n) is 5.43. The Labute approximate surface area is 173 Å². The number of hydrogen-bond donors (Lipinski definition) is 1. The molecule has 2 aliphatic rings. The zero-order valence-corrected chi connectivity index (χ0v) is 18.1. The van der Waals surface area contributed by atoms with Crippen LogP contribution in [0.5, 0.6) is 5.75 Å². The standard InChI is InChI=1S/C23H33N3O3/c1-5-6-20(28)26-15-23(9-11-24(2)12-10-23)21-17-8-7-16(29-4)13-18(17)25(3)22(21)19(26)14-27/h7-8,13,19,27H,5-6,9-12,14-15H2,1-4H3/t19-/m1/s1. The first kappa shape index (κ1) is 20.2. The summed E-state index contributed by atoms with van der Waals surface area (Å²) in [7, 11) is 5.91. The predicted octanol–water partition coefficient (Wildman–Crippen LogP) is 2.83. The van der Waals surface area contributed by atoms with E-state index < -0.39 is 0 Å². The van der Waals surface area contributed by atoms with Gasteiger partial charge in [-0.05, 0) is 57.1 Å². The van der Waals surface area contributed by atoms with Crippen LogP contribution in [0.4, 0.5) is 0 Å². The molecule has 0 bridgehead atoms. The molecule has 1 saturated heterocycles. The molecule has 4 rings (SSSR count). The van der Waals surface area contributed by atoms with Crippen molar-refractivity contribution in [3.05, 3.63) is 29.5 Å². The Morgan fingerprint density at radius 3 is 2.62 bits per heavy atom. The molecule has 1 fully saturated rings. The lowest BCUT2D eigenvalue weighted by Gasteiger charge is -2.50. The van der Waals surface area contributed by atoms with Crippen LogP contribution in [0.15, 0.2) is 18.2 Å². The van der Waals surface area contributed by atoms with Crippen LogP contribution in [0.2, 0.25) is 0 Å². The number of hydrogen-bond acceptors (Lipinski definition) is 4. The summed E-state index contributed by atoms with van der Waals surface area (Å²) in [6.07, 6.45) is 3.40. The van der Waals surface area contributed by atoms with E-state index >= 15 is 0 Å². The van der Waals surface area contributed by atoms with Crippen LogP contribution in [0.25, 0.3) is 10.9 Å². The number of aromatic nitrogens is 1. The SMILES string of the molecule is CCCC(=O)N1CC2(CCN(C)CC2)c2c(n(C)c3cc(OC)ccc23)[C@H]1CO. The van der Waals surface area contributed by atoms with Crippen LogP contribution in [0, 0.1) is 0 Å². The van der Waals surface area contributed by atoms with Gasteiger partial charge in [0.1, 0.15) is 5.75 Å². The third-order valence-corrected chi connectivity index (χ3v) is 7.05. The number of carbonyl (C=O) groups is 1. The van der Waals surface area contributed by atoms with Crippen molar-refractivity contribution in [1.29, 1.82) is 0 Å². The third kappa shape index (κ3) is 3.13. The lowest BCUT2D eigenvalue weighted by atomic mass is 9.68. The van der Waals surface area contributed by atoms with Gasteiger partial charge in [-0.15, -0.1) is 0 Å². The van der Waals surface area contributed by atoms with Gasteiger partial charge in [-0.2, -0.15) is 0 Å². The first-order valence-electron chi connectivity index (χ1n) is 10.7. The number of likely N-dealkylation sites (tertiary alicyclic amines) is 1. The second-order valence-corrected chi connectivity index (χ2v) is 8.76. The van der Waals surface area contributed by atoms with E-state index in [9.17, 15) is 9.90 Å². The van der Waals surface area contributed by atoms with Gasteiger partial charge >= 0.3 is 0 Å². The first-order valence-corrected chi connectivity index (χ1v) is 10.7. The molecule has 158 valence electrons. The fourth-order valence-corrected chi connectivity index (χ4v) is 5.43. The number of ether oxygens (including phenoxy) is 1. The summed E-state index contributed by atoms with van der Waals surface area (Å²) in [5.41, 5.74) is 3.47. The summed E-state index contributed by atoms with van der Waals surface area (Å²) in [5, 5.41) is 11.6. The van der Waals surface area contributed by atoms with Gasteiger partial charge in [0.05, 0.1) is 25.3 Å². The van der Waals surface area contributed by atoms with Crippen LogP contribution < -0.4 is 4.74 Å². The molecule has 1 spiro atoms. The minimum absolute atomic E-state index is 0.0558. The van der Waals surface area contributed by atoms with Crippen molar-refractivity contribution < 1.29 is 14.6 Å². The number of aliphatic hydroxyl groups excluding tert-OH is 1. The largest absolute Gasteiger partial charge is 0.497 e. The van der Waals surface area contributed by atoms with E-state index in [1.807, 2.05) is 17.9 Å². The van der Waals surface area contributed by atoms with Crippen LogP contribution in [0.3, 0.4) is 0 Å². The maximum atomic E-state index is 13.1. The Kier molecular flexibility index (Phi) is 5.34. The van der Waals surface area contributed by atoms with Crippen molar-refractivity contribution in [1.82, 2.24) is 14.4 Å². The van der Waals surface area contributed by atoms with Gasteiger partial charge in [0, 0.05) is 42.6 Å². The Morgan fingerprint density at radius 2 is 2.00 bits per heavy atom. The Morgan fingerprint density at radius 1 is 1.28 bits per heavy atom. The van der Waals surface area contributed by atoms with Crippen LogP contribution in [-0.4, -0.2) is 65.8 Å². The number of carbonyl (C=O) groups excluding carboxylic acids is 1. The first-order chi connectivity index (χ1) is 14.0. The Hall–Kier alpha value is -2.05. The van der Waals surface area contributed by atoms with Crippen LogP contribution in [0.1, 0.15) is 49.9 Å². The van der Waals surface area contributed by atoms with Crippen LogP contribution >= 0.6 is 0 Å². The van der Waals surface area contributed by atoms with Crippen LogP contribution in [-0.2, 0) is 17.3 Å². The number of rotatable bonds is 4. The summed E-state index contributed by atoms with van der Waals surface area (Å²) < 4.78 is 7.65. The zero-order chi connectivity index (χ0) is 20.8. The maximum absolute atomic E-state index is 13.1. The number of methoxy groups -OCH3 is 1. The lowest BCUT2D eigenvalue weighted by molar-refractivity contribution is -0.137. The van der Waals surface area contributed by atoms with Crippen molar-refractivity contribution in [3.8, 4) is 5.75 Å². The van der Waals surface area contributed by atoms with E-state index in [2.05, 4.69) is 35.7 Å². The number of nitrogens with zero attached hydrogens (tertiary/aromatic N) is 3. The molecular formula is C23H33N3O3. The maximum Gasteiger partial charge on any atom is 0.223 e. The fraction of sp³-hybridized carbons (Fsp3) is 0.609. The average molecular weight is 400 g/mol. The second-order valence-electron chi connectivity index (χ2n) is 8.76. The molecule has 0 unspecified atom stereocenters. The molecular weight excluding hydrogens is 366 g/mol. The molecule has 0 saturated carbocycles. The van der Waals surface area contributed by atoms with Gasteiger partial charge in [-0.1, -0.05) is 6.92 Å². The summed E-state index contributed by atoms with van der Waals surface area (Å²) in [6, 6.07) is 5.96. The molecule has 1 amide bonds.